The van der Waals surface area contributed by atoms with Gasteiger partial charge in [-0.1, -0.05) is 109 Å². The van der Waals surface area contributed by atoms with E-state index in [0.29, 0.717) is 0 Å². The molecule has 0 aliphatic rings. The van der Waals surface area contributed by atoms with E-state index in [0.717, 1.165) is 6.42 Å². The smallest absolute Gasteiger partial charge is 0.00196 e. The number of benzene rings is 3. The van der Waals surface area contributed by atoms with Gasteiger partial charge in [-0.25, -0.2) is 0 Å². The van der Waals surface area contributed by atoms with E-state index in [1.807, 2.05) is 31.2 Å². The lowest BCUT2D eigenvalue weighted by molar-refractivity contribution is 1.21. The molecule has 0 fully saturated rings. The van der Waals surface area contributed by atoms with Gasteiger partial charge in [-0.15, -0.1) is 0 Å². The summed E-state index contributed by atoms with van der Waals surface area (Å²) in [6.45, 7) is 7.62. The highest BCUT2D eigenvalue weighted by Crippen LogP contribution is 2.21. The fraction of sp³-hybridized carbons (Fsp3) is 0.120. The molecule has 0 radical (unpaired) electrons. The van der Waals surface area contributed by atoms with E-state index >= 15 is 0 Å². The highest BCUT2D eigenvalue weighted by Gasteiger charge is 2.01. The second-order valence-corrected chi connectivity index (χ2v) is 5.95. The zero-order chi connectivity index (χ0) is 17.9. The number of hydrogen-bond donors (Lipinski definition) is 0. The van der Waals surface area contributed by atoms with Crippen LogP contribution in [0.25, 0.3) is 10.8 Å². The Hall–Kier alpha value is -2.86. The Bertz CT molecular complexity index is 843. The molecule has 0 aliphatic heterocycles. The normalized spacial score (nSPS) is 10.8. The van der Waals surface area contributed by atoms with Crippen LogP contribution >= 0.6 is 0 Å². The predicted molar refractivity (Wildman–Crippen MR) is 112 cm³/mol. The molecule has 0 saturated carbocycles. The molecule has 0 nitrogen and oxygen atoms in total. The van der Waals surface area contributed by atoms with Crippen LogP contribution in [-0.4, -0.2) is 0 Å². The minimum Gasteiger partial charge on any atom is -0.0991 e. The molecule has 0 unspecified atom stereocenters. The van der Waals surface area contributed by atoms with Gasteiger partial charge in [-0.3, -0.25) is 0 Å². The van der Waals surface area contributed by atoms with Gasteiger partial charge < -0.3 is 0 Å². The highest BCUT2D eigenvalue weighted by atomic mass is 14.1. The van der Waals surface area contributed by atoms with Gasteiger partial charge in [0.2, 0.25) is 0 Å². The first kappa shape index (κ1) is 18.5. The molecular weight excluding hydrogens is 300 g/mol. The van der Waals surface area contributed by atoms with E-state index in [-0.39, 0.29) is 0 Å². The summed E-state index contributed by atoms with van der Waals surface area (Å²) in [4.78, 5) is 0. The molecule has 126 valence electrons. The summed E-state index contributed by atoms with van der Waals surface area (Å²) < 4.78 is 0. The fourth-order valence-electron chi connectivity index (χ4n) is 2.63. The van der Waals surface area contributed by atoms with Gasteiger partial charge in [-0.2, -0.15) is 0 Å². The van der Waals surface area contributed by atoms with Crippen LogP contribution < -0.4 is 0 Å². The molecular formula is C25H26. The van der Waals surface area contributed by atoms with Crippen molar-refractivity contribution in [3.63, 3.8) is 0 Å². The van der Waals surface area contributed by atoms with Gasteiger partial charge in [-0.05, 0) is 42.2 Å². The van der Waals surface area contributed by atoms with Crippen molar-refractivity contribution in [1.29, 1.82) is 0 Å². The highest BCUT2D eigenvalue weighted by molar-refractivity contribution is 5.85. The van der Waals surface area contributed by atoms with Crippen LogP contribution in [0.15, 0.2) is 104 Å². The van der Waals surface area contributed by atoms with Crippen LogP contribution in [0.3, 0.4) is 0 Å². The molecule has 0 bridgehead atoms. The van der Waals surface area contributed by atoms with Crippen molar-refractivity contribution in [3.8, 4) is 0 Å². The lowest BCUT2D eigenvalue weighted by atomic mass is 9.98. The van der Waals surface area contributed by atoms with E-state index in [2.05, 4.69) is 80.2 Å². The zero-order valence-corrected chi connectivity index (χ0v) is 15.2. The van der Waals surface area contributed by atoms with Gasteiger partial charge in [0.25, 0.3) is 0 Å². The number of fused-ring (bicyclic) bond motifs is 1. The third-order valence-electron chi connectivity index (χ3n) is 3.95. The first-order valence-corrected chi connectivity index (χ1v) is 8.67. The van der Waals surface area contributed by atoms with E-state index in [4.69, 9.17) is 0 Å². The van der Waals surface area contributed by atoms with Crippen molar-refractivity contribution >= 4 is 10.8 Å². The molecule has 25 heavy (non-hydrogen) atoms. The van der Waals surface area contributed by atoms with Crippen LogP contribution in [0.1, 0.15) is 23.6 Å². The Morgan fingerprint density at radius 2 is 1.52 bits per heavy atom. The molecule has 0 aliphatic carbocycles. The summed E-state index contributed by atoms with van der Waals surface area (Å²) in [5.74, 6) is 0. The first-order chi connectivity index (χ1) is 12.2. The zero-order valence-electron chi connectivity index (χ0n) is 15.2. The van der Waals surface area contributed by atoms with Gasteiger partial charge in [0.15, 0.2) is 0 Å². The van der Waals surface area contributed by atoms with Crippen molar-refractivity contribution in [2.75, 3.05) is 0 Å². The lowest BCUT2D eigenvalue weighted by Gasteiger charge is -2.07. The number of aryl methyl sites for hydroxylation is 1. The molecule has 0 aromatic heterocycles. The summed E-state index contributed by atoms with van der Waals surface area (Å²) in [5.41, 5.74) is 4.09. The van der Waals surface area contributed by atoms with Crippen molar-refractivity contribution in [3.05, 3.63) is 120 Å². The van der Waals surface area contributed by atoms with Gasteiger partial charge in [0, 0.05) is 0 Å². The maximum atomic E-state index is 3.51. The van der Waals surface area contributed by atoms with E-state index in [1.54, 1.807) is 6.08 Å². The molecule has 0 saturated heterocycles. The summed E-state index contributed by atoms with van der Waals surface area (Å²) in [7, 11) is 0. The van der Waals surface area contributed by atoms with Crippen LogP contribution in [0, 0.1) is 6.92 Å². The fourth-order valence-corrected chi connectivity index (χ4v) is 2.63. The molecule has 3 aromatic rings. The maximum Gasteiger partial charge on any atom is -0.00196 e. The third kappa shape index (κ3) is 5.93. The Morgan fingerprint density at radius 1 is 0.800 bits per heavy atom. The van der Waals surface area contributed by atoms with E-state index in [9.17, 15) is 0 Å². The van der Waals surface area contributed by atoms with E-state index in [1.165, 1.54) is 27.5 Å². The van der Waals surface area contributed by atoms with Crippen LogP contribution in [0.2, 0.25) is 0 Å². The van der Waals surface area contributed by atoms with Crippen molar-refractivity contribution in [2.24, 2.45) is 0 Å². The molecule has 0 heterocycles. The topological polar surface area (TPSA) is 0 Å². The number of hydrogen-bond acceptors (Lipinski definition) is 0. The largest absolute Gasteiger partial charge is 0.0991 e. The first-order valence-electron chi connectivity index (χ1n) is 8.67. The standard InChI is InChI=1S/C18H16.C7H10/c1-14-9-11-15(12-10-14)13-17-7-4-6-16-5-2-3-8-18(16)17;1-3-5-7-6-4-2/h2-12H,13H2,1H3;3-7H,1H2,2H3/b;6-4-,7-5-. The predicted octanol–water partition coefficient (Wildman–Crippen LogP) is 7.04. The average Bonchev–Trinajstić information content (AvgIpc) is 2.65. The second-order valence-electron chi connectivity index (χ2n) is 5.95. The molecule has 0 spiro atoms. The molecule has 0 heteroatoms. The molecule has 3 rings (SSSR count). The molecule has 0 atom stereocenters. The average molecular weight is 326 g/mol. The Labute approximate surface area is 151 Å². The van der Waals surface area contributed by atoms with Gasteiger partial charge in [0.1, 0.15) is 0 Å². The minimum absolute atomic E-state index is 1.00. The van der Waals surface area contributed by atoms with Crippen LogP contribution in [0.4, 0.5) is 0 Å². The van der Waals surface area contributed by atoms with Gasteiger partial charge >= 0.3 is 0 Å². The summed E-state index contributed by atoms with van der Waals surface area (Å²) in [5, 5.41) is 2.68. The molecule has 3 aromatic carbocycles. The van der Waals surface area contributed by atoms with Crippen LogP contribution in [0.5, 0.6) is 0 Å². The maximum absolute atomic E-state index is 3.51. The molecule has 0 N–H and O–H groups in total. The van der Waals surface area contributed by atoms with Crippen molar-refractivity contribution in [2.45, 2.75) is 20.3 Å². The summed E-state index contributed by atoms with van der Waals surface area (Å²) >= 11 is 0. The monoisotopic (exact) mass is 326 g/mol. The second kappa shape index (κ2) is 10.1. The summed E-state index contributed by atoms with van der Waals surface area (Å²) in [6, 6.07) is 23.9. The third-order valence-corrected chi connectivity index (χ3v) is 3.95. The molecule has 0 amide bonds. The van der Waals surface area contributed by atoms with Crippen molar-refractivity contribution in [1.82, 2.24) is 0 Å². The number of rotatable bonds is 4. The Morgan fingerprint density at radius 3 is 2.24 bits per heavy atom. The number of allylic oxidation sites excluding steroid dienone is 5. The van der Waals surface area contributed by atoms with Crippen LogP contribution in [-0.2, 0) is 6.42 Å². The minimum atomic E-state index is 1.00. The quantitative estimate of drug-likeness (QED) is 0.451. The van der Waals surface area contributed by atoms with Crippen molar-refractivity contribution < 1.29 is 0 Å². The van der Waals surface area contributed by atoms with Gasteiger partial charge in [0.05, 0.1) is 0 Å². The van der Waals surface area contributed by atoms with E-state index < -0.39 is 0 Å². The Kier molecular flexibility index (Phi) is 7.46. The Balaban J connectivity index is 0.000000277. The summed E-state index contributed by atoms with van der Waals surface area (Å²) in [6.07, 6.45) is 10.5. The SMILES string of the molecule is C=C/C=C\C=C/C.Cc1ccc(Cc2cccc3ccccc23)cc1. The lowest BCUT2D eigenvalue weighted by Crippen LogP contribution is -1.89.